The van der Waals surface area contributed by atoms with E-state index in [9.17, 15) is 4.79 Å². The van der Waals surface area contributed by atoms with Crippen LogP contribution in [-0.4, -0.2) is 37.9 Å². The Morgan fingerprint density at radius 2 is 2.21 bits per heavy atom. The highest BCUT2D eigenvalue weighted by molar-refractivity contribution is 5.88. The van der Waals surface area contributed by atoms with Gasteiger partial charge in [-0.05, 0) is 6.92 Å². The normalized spacial score (nSPS) is 10.5. The topological polar surface area (TPSA) is 84.1 Å². The molecule has 2 aromatic rings. The lowest BCUT2D eigenvalue weighted by atomic mass is 10.2. The van der Waals surface area contributed by atoms with E-state index in [0.29, 0.717) is 18.2 Å². The highest BCUT2D eigenvalue weighted by Gasteiger charge is 2.12. The maximum Gasteiger partial charge on any atom is 0.339 e. The van der Waals surface area contributed by atoms with Gasteiger partial charge < -0.3 is 10.0 Å². The zero-order chi connectivity index (χ0) is 14.0. The summed E-state index contributed by atoms with van der Waals surface area (Å²) in [5, 5.41) is 13.0. The van der Waals surface area contributed by atoms with E-state index < -0.39 is 5.97 Å². The first-order valence-corrected chi connectivity index (χ1v) is 5.73. The van der Waals surface area contributed by atoms with Crippen molar-refractivity contribution in [2.75, 3.05) is 11.9 Å². The van der Waals surface area contributed by atoms with Crippen molar-refractivity contribution in [1.29, 1.82) is 0 Å². The molecule has 0 saturated carbocycles. The molecule has 1 N–H and O–H groups in total. The van der Waals surface area contributed by atoms with Crippen molar-refractivity contribution in [3.05, 3.63) is 35.4 Å². The van der Waals surface area contributed by atoms with Gasteiger partial charge in [-0.15, -0.1) is 0 Å². The average Bonchev–Trinajstić information content (AvgIpc) is 2.74. The third-order valence-electron chi connectivity index (χ3n) is 2.72. The highest BCUT2D eigenvalue weighted by Crippen LogP contribution is 2.12. The molecule has 0 aromatic carbocycles. The van der Waals surface area contributed by atoms with E-state index in [1.165, 1.54) is 6.20 Å². The Kier molecular flexibility index (Phi) is 3.46. The molecular weight excluding hydrogens is 246 g/mol. The maximum atomic E-state index is 10.9. The van der Waals surface area contributed by atoms with Crippen molar-refractivity contribution in [3.8, 4) is 0 Å². The zero-order valence-corrected chi connectivity index (χ0v) is 11.0. The van der Waals surface area contributed by atoms with Gasteiger partial charge >= 0.3 is 5.97 Å². The molecule has 0 aliphatic heterocycles. The first-order valence-electron chi connectivity index (χ1n) is 5.73. The number of carboxylic acid groups (broad SMARTS) is 1. The molecule has 0 aliphatic rings. The third-order valence-corrected chi connectivity index (χ3v) is 2.72. The van der Waals surface area contributed by atoms with Crippen LogP contribution < -0.4 is 4.90 Å². The van der Waals surface area contributed by atoms with Crippen molar-refractivity contribution in [2.45, 2.75) is 13.5 Å². The Balaban J connectivity index is 2.17. The third kappa shape index (κ3) is 2.87. The second kappa shape index (κ2) is 5.05. The van der Waals surface area contributed by atoms with Crippen LogP contribution in [0.25, 0.3) is 0 Å². The summed E-state index contributed by atoms with van der Waals surface area (Å²) in [7, 11) is 3.70. The maximum absolute atomic E-state index is 10.9. The number of carboxylic acids is 1. The molecule has 0 atom stereocenters. The predicted octanol–water partition coefficient (Wildman–Crippen LogP) is 0.853. The standard InChI is InChI=1S/C12H15N5O2/c1-8-10(11(18)19)5-13-12(15-8)16(2)6-9-4-14-17(3)7-9/h4-5,7H,6H2,1-3H3,(H,18,19). The SMILES string of the molecule is Cc1nc(N(C)Cc2cnn(C)c2)ncc1C(=O)O. The van der Waals surface area contributed by atoms with Crippen molar-refractivity contribution in [3.63, 3.8) is 0 Å². The van der Waals surface area contributed by atoms with Gasteiger partial charge in [0.2, 0.25) is 5.95 Å². The second-order valence-electron chi connectivity index (χ2n) is 4.35. The average molecular weight is 261 g/mol. The number of aryl methyl sites for hydroxylation is 2. The highest BCUT2D eigenvalue weighted by atomic mass is 16.4. The number of hydrogen-bond acceptors (Lipinski definition) is 5. The van der Waals surface area contributed by atoms with E-state index in [4.69, 9.17) is 5.11 Å². The monoisotopic (exact) mass is 261 g/mol. The summed E-state index contributed by atoms with van der Waals surface area (Å²) in [6.07, 6.45) is 5.02. The summed E-state index contributed by atoms with van der Waals surface area (Å²) in [5.41, 5.74) is 1.61. The molecule has 0 saturated heterocycles. The van der Waals surface area contributed by atoms with Crippen LogP contribution in [0.2, 0.25) is 0 Å². The van der Waals surface area contributed by atoms with Crippen LogP contribution in [0.15, 0.2) is 18.6 Å². The Morgan fingerprint density at radius 3 is 2.74 bits per heavy atom. The number of nitrogens with zero attached hydrogens (tertiary/aromatic N) is 5. The molecule has 0 fully saturated rings. The lowest BCUT2D eigenvalue weighted by molar-refractivity contribution is 0.0695. The van der Waals surface area contributed by atoms with Gasteiger partial charge in [-0.2, -0.15) is 5.10 Å². The van der Waals surface area contributed by atoms with Gasteiger partial charge in [-0.25, -0.2) is 14.8 Å². The fraction of sp³-hybridized carbons (Fsp3) is 0.333. The summed E-state index contributed by atoms with van der Waals surface area (Å²) < 4.78 is 1.73. The van der Waals surface area contributed by atoms with Gasteiger partial charge in [0.25, 0.3) is 0 Å². The largest absolute Gasteiger partial charge is 0.478 e. The molecular formula is C12H15N5O2. The van der Waals surface area contributed by atoms with E-state index >= 15 is 0 Å². The van der Waals surface area contributed by atoms with Crippen molar-refractivity contribution in [2.24, 2.45) is 7.05 Å². The molecule has 2 aromatic heterocycles. The van der Waals surface area contributed by atoms with Crippen LogP contribution in [0.1, 0.15) is 21.6 Å². The first kappa shape index (κ1) is 13.0. The Labute approximate surface area is 110 Å². The molecule has 7 heteroatoms. The molecule has 0 aliphatic carbocycles. The van der Waals surface area contributed by atoms with E-state index in [2.05, 4.69) is 15.1 Å². The Hall–Kier alpha value is -2.44. The van der Waals surface area contributed by atoms with Crippen LogP contribution in [0.3, 0.4) is 0 Å². The Bertz CT molecular complexity index is 608. The predicted molar refractivity (Wildman–Crippen MR) is 69.0 cm³/mol. The number of aromatic carboxylic acids is 1. The Morgan fingerprint density at radius 1 is 1.47 bits per heavy atom. The minimum Gasteiger partial charge on any atom is -0.478 e. The first-order chi connectivity index (χ1) is 8.97. The molecule has 100 valence electrons. The van der Waals surface area contributed by atoms with Crippen molar-refractivity contribution in [1.82, 2.24) is 19.7 Å². The van der Waals surface area contributed by atoms with Crippen molar-refractivity contribution >= 4 is 11.9 Å². The van der Waals surface area contributed by atoms with Crippen LogP contribution in [0.5, 0.6) is 0 Å². The van der Waals surface area contributed by atoms with E-state index in [-0.39, 0.29) is 5.56 Å². The molecule has 0 radical (unpaired) electrons. The summed E-state index contributed by atoms with van der Waals surface area (Å²) in [4.78, 5) is 21.0. The summed E-state index contributed by atoms with van der Waals surface area (Å²) in [6, 6.07) is 0. The number of anilines is 1. The molecule has 0 amide bonds. The molecule has 0 bridgehead atoms. The molecule has 2 heterocycles. The number of hydrogen-bond donors (Lipinski definition) is 1. The van der Waals surface area contributed by atoms with Gasteiger partial charge in [-0.1, -0.05) is 0 Å². The number of aromatic nitrogens is 4. The summed E-state index contributed by atoms with van der Waals surface area (Å²) in [6.45, 7) is 2.27. The molecule has 7 nitrogen and oxygen atoms in total. The smallest absolute Gasteiger partial charge is 0.339 e. The molecule has 19 heavy (non-hydrogen) atoms. The minimum atomic E-state index is -1.01. The summed E-state index contributed by atoms with van der Waals surface area (Å²) in [5.74, 6) is -0.523. The van der Waals surface area contributed by atoms with Gasteiger partial charge in [0.15, 0.2) is 0 Å². The summed E-state index contributed by atoms with van der Waals surface area (Å²) >= 11 is 0. The number of rotatable bonds is 4. The lowest BCUT2D eigenvalue weighted by Gasteiger charge is -2.16. The van der Waals surface area contributed by atoms with Gasteiger partial charge in [0, 0.05) is 38.6 Å². The van der Waals surface area contributed by atoms with Crippen LogP contribution in [0, 0.1) is 6.92 Å². The number of carbonyl (C=O) groups is 1. The quantitative estimate of drug-likeness (QED) is 0.878. The minimum absolute atomic E-state index is 0.124. The molecule has 0 unspecified atom stereocenters. The second-order valence-corrected chi connectivity index (χ2v) is 4.35. The lowest BCUT2D eigenvalue weighted by Crippen LogP contribution is -2.20. The van der Waals surface area contributed by atoms with E-state index in [1.807, 2.05) is 25.2 Å². The van der Waals surface area contributed by atoms with Crippen LogP contribution >= 0.6 is 0 Å². The zero-order valence-electron chi connectivity index (χ0n) is 11.0. The molecule has 2 rings (SSSR count). The van der Waals surface area contributed by atoms with Gasteiger partial charge in [0.1, 0.15) is 0 Å². The van der Waals surface area contributed by atoms with Crippen LogP contribution in [-0.2, 0) is 13.6 Å². The van der Waals surface area contributed by atoms with E-state index in [1.54, 1.807) is 17.8 Å². The van der Waals surface area contributed by atoms with Gasteiger partial charge in [-0.3, -0.25) is 4.68 Å². The fourth-order valence-corrected chi connectivity index (χ4v) is 1.75. The van der Waals surface area contributed by atoms with Gasteiger partial charge in [0.05, 0.1) is 17.5 Å². The van der Waals surface area contributed by atoms with Crippen molar-refractivity contribution < 1.29 is 9.90 Å². The molecule has 0 spiro atoms. The fourth-order valence-electron chi connectivity index (χ4n) is 1.75. The van der Waals surface area contributed by atoms with Crippen LogP contribution in [0.4, 0.5) is 5.95 Å². The van der Waals surface area contributed by atoms with E-state index in [0.717, 1.165) is 5.56 Å².